The molecule has 0 saturated heterocycles. The molecule has 0 aromatic carbocycles. The van der Waals surface area contributed by atoms with Crippen LogP contribution in [-0.2, 0) is 0 Å². The molecule has 4 N–H and O–H groups in total. The number of aryl methyl sites for hydroxylation is 1. The summed E-state index contributed by atoms with van der Waals surface area (Å²) in [5.41, 5.74) is 7.09. The number of nitrogens with two attached hydrogens (primary N) is 1. The van der Waals surface area contributed by atoms with Crippen LogP contribution in [0.15, 0.2) is 12.1 Å². The number of nitrogens with one attached hydrogen (secondary N) is 1. The van der Waals surface area contributed by atoms with Crippen molar-refractivity contribution in [1.82, 2.24) is 4.98 Å². The zero-order chi connectivity index (χ0) is 11.6. The van der Waals surface area contributed by atoms with E-state index in [4.69, 9.17) is 5.73 Å². The molecular formula is C12H19N3O. The SMILES string of the molecule is Cc1nc(NC2(CO)CCCC2)ccc1N. The van der Waals surface area contributed by atoms with E-state index in [1.807, 2.05) is 19.1 Å². The number of aromatic nitrogens is 1. The molecule has 0 radical (unpaired) electrons. The highest BCUT2D eigenvalue weighted by Crippen LogP contribution is 2.32. The minimum atomic E-state index is -0.171. The number of aliphatic hydroxyl groups is 1. The van der Waals surface area contributed by atoms with Gasteiger partial charge in [-0.2, -0.15) is 0 Å². The van der Waals surface area contributed by atoms with Gasteiger partial charge >= 0.3 is 0 Å². The zero-order valence-electron chi connectivity index (χ0n) is 9.66. The second kappa shape index (κ2) is 4.29. The van der Waals surface area contributed by atoms with E-state index < -0.39 is 0 Å². The molecule has 1 saturated carbocycles. The summed E-state index contributed by atoms with van der Waals surface area (Å²) in [4.78, 5) is 4.38. The van der Waals surface area contributed by atoms with E-state index >= 15 is 0 Å². The Labute approximate surface area is 95.9 Å². The minimum absolute atomic E-state index is 0.165. The molecule has 1 aromatic rings. The number of hydrogen-bond acceptors (Lipinski definition) is 4. The van der Waals surface area contributed by atoms with E-state index in [0.717, 1.165) is 24.4 Å². The van der Waals surface area contributed by atoms with Crippen molar-refractivity contribution < 1.29 is 5.11 Å². The van der Waals surface area contributed by atoms with Gasteiger partial charge in [-0.3, -0.25) is 0 Å². The van der Waals surface area contributed by atoms with Crippen LogP contribution in [-0.4, -0.2) is 22.2 Å². The van der Waals surface area contributed by atoms with Gasteiger partial charge in [0.25, 0.3) is 0 Å². The van der Waals surface area contributed by atoms with Crippen molar-refractivity contribution >= 4 is 11.5 Å². The van der Waals surface area contributed by atoms with Gasteiger partial charge in [0.2, 0.25) is 0 Å². The molecule has 1 aliphatic rings. The molecule has 0 aliphatic heterocycles. The largest absolute Gasteiger partial charge is 0.397 e. The normalized spacial score (nSPS) is 18.6. The highest BCUT2D eigenvalue weighted by Gasteiger charge is 2.33. The summed E-state index contributed by atoms with van der Waals surface area (Å²) in [6, 6.07) is 3.72. The van der Waals surface area contributed by atoms with Gasteiger partial charge in [-0.1, -0.05) is 12.8 Å². The van der Waals surface area contributed by atoms with Gasteiger partial charge < -0.3 is 16.2 Å². The van der Waals surface area contributed by atoms with Crippen LogP contribution in [0.2, 0.25) is 0 Å². The van der Waals surface area contributed by atoms with Crippen molar-refractivity contribution in [3.8, 4) is 0 Å². The van der Waals surface area contributed by atoms with Crippen LogP contribution in [0.4, 0.5) is 11.5 Å². The maximum Gasteiger partial charge on any atom is 0.126 e. The molecular weight excluding hydrogens is 202 g/mol. The average molecular weight is 221 g/mol. The van der Waals surface area contributed by atoms with E-state index in [0.29, 0.717) is 5.69 Å². The van der Waals surface area contributed by atoms with Gasteiger partial charge in [-0.05, 0) is 31.9 Å². The van der Waals surface area contributed by atoms with Gasteiger partial charge in [0.05, 0.1) is 23.5 Å². The molecule has 88 valence electrons. The number of aliphatic hydroxyl groups excluding tert-OH is 1. The van der Waals surface area contributed by atoms with Gasteiger partial charge in [-0.15, -0.1) is 0 Å². The first-order valence-electron chi connectivity index (χ1n) is 5.77. The van der Waals surface area contributed by atoms with Crippen molar-refractivity contribution in [1.29, 1.82) is 0 Å². The molecule has 0 spiro atoms. The molecule has 0 amide bonds. The second-order valence-corrected chi connectivity index (χ2v) is 4.64. The van der Waals surface area contributed by atoms with Crippen molar-refractivity contribution in [3.05, 3.63) is 17.8 Å². The lowest BCUT2D eigenvalue weighted by Crippen LogP contribution is -2.39. The molecule has 0 atom stereocenters. The number of nitrogens with zero attached hydrogens (tertiary/aromatic N) is 1. The number of hydrogen-bond donors (Lipinski definition) is 3. The Hall–Kier alpha value is -1.29. The molecule has 1 aliphatic carbocycles. The summed E-state index contributed by atoms with van der Waals surface area (Å²) in [5, 5.41) is 12.8. The number of rotatable bonds is 3. The lowest BCUT2D eigenvalue weighted by Gasteiger charge is -2.28. The smallest absolute Gasteiger partial charge is 0.126 e. The van der Waals surface area contributed by atoms with Crippen LogP contribution in [0.25, 0.3) is 0 Å². The van der Waals surface area contributed by atoms with Crippen LogP contribution in [0.3, 0.4) is 0 Å². The Kier molecular flexibility index (Phi) is 3.01. The summed E-state index contributed by atoms with van der Waals surface area (Å²) >= 11 is 0. The van der Waals surface area contributed by atoms with E-state index in [1.165, 1.54) is 12.8 Å². The van der Waals surface area contributed by atoms with Crippen LogP contribution in [0.1, 0.15) is 31.4 Å². The minimum Gasteiger partial charge on any atom is -0.397 e. The zero-order valence-corrected chi connectivity index (χ0v) is 9.66. The summed E-state index contributed by atoms with van der Waals surface area (Å²) in [6.45, 7) is 2.05. The van der Waals surface area contributed by atoms with Crippen LogP contribution in [0.5, 0.6) is 0 Å². The molecule has 2 rings (SSSR count). The maximum atomic E-state index is 9.49. The molecule has 0 unspecified atom stereocenters. The second-order valence-electron chi connectivity index (χ2n) is 4.64. The van der Waals surface area contributed by atoms with Gasteiger partial charge in [-0.25, -0.2) is 4.98 Å². The van der Waals surface area contributed by atoms with Crippen molar-refractivity contribution in [2.75, 3.05) is 17.7 Å². The summed E-state index contributed by atoms with van der Waals surface area (Å²) in [5.74, 6) is 0.808. The standard InChI is InChI=1S/C12H19N3O/c1-9-10(13)4-5-11(14-9)15-12(8-16)6-2-3-7-12/h4-5,16H,2-3,6-8,13H2,1H3,(H,14,15). The first kappa shape index (κ1) is 11.2. The molecule has 16 heavy (non-hydrogen) atoms. The molecule has 1 fully saturated rings. The average Bonchev–Trinajstić information content (AvgIpc) is 2.73. The number of pyridine rings is 1. The third-order valence-corrected chi connectivity index (χ3v) is 3.38. The Morgan fingerprint density at radius 1 is 1.44 bits per heavy atom. The molecule has 4 nitrogen and oxygen atoms in total. The highest BCUT2D eigenvalue weighted by molar-refractivity contribution is 5.50. The van der Waals surface area contributed by atoms with Gasteiger partial charge in [0.1, 0.15) is 5.82 Å². The van der Waals surface area contributed by atoms with E-state index in [-0.39, 0.29) is 12.1 Å². The van der Waals surface area contributed by atoms with Crippen molar-refractivity contribution in [2.45, 2.75) is 38.1 Å². The van der Waals surface area contributed by atoms with E-state index in [1.54, 1.807) is 0 Å². The van der Waals surface area contributed by atoms with Crippen LogP contribution in [0, 0.1) is 6.92 Å². The predicted octanol–water partition coefficient (Wildman–Crippen LogP) is 1.69. The van der Waals surface area contributed by atoms with Crippen LogP contribution >= 0.6 is 0 Å². The fourth-order valence-electron chi connectivity index (χ4n) is 2.29. The van der Waals surface area contributed by atoms with Crippen molar-refractivity contribution in [3.63, 3.8) is 0 Å². The van der Waals surface area contributed by atoms with Gasteiger partial charge in [0.15, 0.2) is 0 Å². The summed E-state index contributed by atoms with van der Waals surface area (Å²) in [6.07, 6.45) is 4.35. The fraction of sp³-hybridized carbons (Fsp3) is 0.583. The Balaban J connectivity index is 2.16. The lowest BCUT2D eigenvalue weighted by atomic mass is 9.99. The van der Waals surface area contributed by atoms with E-state index in [9.17, 15) is 5.11 Å². The molecule has 1 aromatic heterocycles. The predicted molar refractivity (Wildman–Crippen MR) is 65.3 cm³/mol. The number of nitrogen functional groups attached to an aromatic ring is 1. The number of anilines is 2. The fourth-order valence-corrected chi connectivity index (χ4v) is 2.29. The maximum absolute atomic E-state index is 9.49. The Morgan fingerprint density at radius 2 is 2.12 bits per heavy atom. The third-order valence-electron chi connectivity index (χ3n) is 3.38. The molecule has 1 heterocycles. The Morgan fingerprint density at radius 3 is 2.69 bits per heavy atom. The first-order chi connectivity index (χ1) is 7.65. The van der Waals surface area contributed by atoms with Crippen LogP contribution < -0.4 is 11.1 Å². The molecule has 0 bridgehead atoms. The lowest BCUT2D eigenvalue weighted by molar-refractivity contribution is 0.214. The van der Waals surface area contributed by atoms with Gasteiger partial charge in [0, 0.05) is 0 Å². The van der Waals surface area contributed by atoms with Crippen molar-refractivity contribution in [2.24, 2.45) is 0 Å². The van der Waals surface area contributed by atoms with E-state index in [2.05, 4.69) is 10.3 Å². The Bertz CT molecular complexity index is 373. The summed E-state index contributed by atoms with van der Waals surface area (Å²) < 4.78 is 0. The topological polar surface area (TPSA) is 71.2 Å². The molecule has 4 heteroatoms. The highest BCUT2D eigenvalue weighted by atomic mass is 16.3. The first-order valence-corrected chi connectivity index (χ1v) is 5.77. The monoisotopic (exact) mass is 221 g/mol. The quantitative estimate of drug-likeness (QED) is 0.726. The summed E-state index contributed by atoms with van der Waals surface area (Å²) in [7, 11) is 0. The third kappa shape index (κ3) is 2.11.